The van der Waals surface area contributed by atoms with Crippen molar-refractivity contribution >= 4 is 41.6 Å². The van der Waals surface area contributed by atoms with Crippen molar-refractivity contribution in [3.05, 3.63) is 41.5 Å². The third-order valence-electron chi connectivity index (χ3n) is 5.31. The lowest BCUT2D eigenvalue weighted by Gasteiger charge is -2.23. The van der Waals surface area contributed by atoms with E-state index in [2.05, 4.69) is 21.8 Å². The summed E-state index contributed by atoms with van der Waals surface area (Å²) < 4.78 is 0. The number of rotatable bonds is 3. The van der Waals surface area contributed by atoms with Crippen LogP contribution in [0.25, 0.3) is 5.57 Å². The molecule has 7 nitrogen and oxygen atoms in total. The second-order valence-electron chi connectivity index (χ2n) is 7.32. The van der Waals surface area contributed by atoms with E-state index in [1.807, 2.05) is 25.2 Å². The van der Waals surface area contributed by atoms with Crippen LogP contribution in [-0.4, -0.2) is 31.2 Å². The zero-order valence-electron chi connectivity index (χ0n) is 16.4. The van der Waals surface area contributed by atoms with E-state index in [0.717, 1.165) is 12.6 Å². The number of Topliss-reactive ketones (excluding diaryl/α,β-unsaturated/α-hetero) is 1. The smallest absolute Gasteiger partial charge is 0.267 e. The maximum absolute atomic E-state index is 12.7. The summed E-state index contributed by atoms with van der Waals surface area (Å²) in [4.78, 5) is 25.3. The number of hydrazone groups is 1. The fourth-order valence-electron chi connectivity index (χ4n) is 3.73. The fraction of sp³-hybridized carbons (Fsp3) is 0.333. The van der Waals surface area contributed by atoms with E-state index in [1.54, 1.807) is 18.3 Å². The number of amides is 1. The summed E-state index contributed by atoms with van der Waals surface area (Å²) in [6, 6.07) is 3.36. The highest BCUT2D eigenvalue weighted by atomic mass is 16.2. The van der Waals surface area contributed by atoms with Gasteiger partial charge in [0.15, 0.2) is 5.78 Å². The molecule has 0 bridgehead atoms. The minimum atomic E-state index is -0.152. The van der Waals surface area contributed by atoms with Crippen molar-refractivity contribution in [2.24, 2.45) is 11.0 Å². The van der Waals surface area contributed by atoms with Crippen LogP contribution < -0.4 is 16.5 Å². The molecule has 0 atom stereocenters. The Bertz CT molecular complexity index is 937. The first-order valence-electron chi connectivity index (χ1n) is 9.80. The lowest BCUT2D eigenvalue weighted by Crippen LogP contribution is -2.29. The lowest BCUT2D eigenvalue weighted by molar-refractivity contribution is -0.120. The number of nitrogens with zero attached hydrogens (tertiary/aromatic N) is 2. The Morgan fingerprint density at radius 3 is 2.86 bits per heavy atom. The summed E-state index contributed by atoms with van der Waals surface area (Å²) in [5, 5.41) is 16.0. The number of nitrogens with two attached hydrogens (primary N) is 1. The first kappa shape index (κ1) is 20.4. The van der Waals surface area contributed by atoms with Gasteiger partial charge in [0.25, 0.3) is 6.71 Å². The van der Waals surface area contributed by atoms with Gasteiger partial charge in [0.2, 0.25) is 5.91 Å². The third kappa shape index (κ3) is 4.75. The highest BCUT2D eigenvalue weighted by Gasteiger charge is 2.29. The maximum atomic E-state index is 12.7. The van der Waals surface area contributed by atoms with Crippen LogP contribution in [0.4, 0.5) is 11.4 Å². The molecule has 1 saturated heterocycles. The normalized spacial score (nSPS) is 19.8. The van der Waals surface area contributed by atoms with Gasteiger partial charge < -0.3 is 16.5 Å². The summed E-state index contributed by atoms with van der Waals surface area (Å²) in [5.74, 6) is 1.90. The average Bonchev–Trinajstić information content (AvgIpc) is 2.72. The van der Waals surface area contributed by atoms with Gasteiger partial charge >= 0.3 is 0 Å². The number of hydrogen-bond acceptors (Lipinski definition) is 6. The van der Waals surface area contributed by atoms with Gasteiger partial charge in [-0.25, -0.2) is 5.26 Å². The SMILES string of the molecule is C/C=C/C=C1\C=N/NCC(=O)c2cc(NC(=O)C3CCB(C#N)CC3)cc(N)c21. The molecule has 4 N–H and O–H groups in total. The fourth-order valence-corrected chi connectivity index (χ4v) is 3.73. The van der Waals surface area contributed by atoms with Crippen molar-refractivity contribution in [3.8, 4) is 5.97 Å². The van der Waals surface area contributed by atoms with Crippen LogP contribution >= 0.6 is 0 Å². The van der Waals surface area contributed by atoms with E-state index < -0.39 is 0 Å². The lowest BCUT2D eigenvalue weighted by atomic mass is 9.42. The van der Waals surface area contributed by atoms with E-state index in [0.29, 0.717) is 40.9 Å². The maximum Gasteiger partial charge on any atom is 0.267 e. The summed E-state index contributed by atoms with van der Waals surface area (Å²) in [7, 11) is 0. The first-order valence-corrected chi connectivity index (χ1v) is 9.80. The Hall–Kier alpha value is -3.34. The molecule has 2 aliphatic rings. The monoisotopic (exact) mass is 389 g/mol. The molecule has 1 fully saturated rings. The molecule has 0 spiro atoms. The van der Waals surface area contributed by atoms with Crippen LogP contribution in [0.1, 0.15) is 35.7 Å². The van der Waals surface area contributed by atoms with E-state index in [9.17, 15) is 9.59 Å². The van der Waals surface area contributed by atoms with Gasteiger partial charge in [-0.2, -0.15) is 5.10 Å². The number of carbonyl (C=O) groups excluding carboxylic acids is 2. The molecule has 8 heteroatoms. The highest BCUT2D eigenvalue weighted by molar-refractivity contribution is 6.67. The van der Waals surface area contributed by atoms with Crippen LogP contribution in [-0.2, 0) is 4.79 Å². The Kier molecular flexibility index (Phi) is 6.50. The average molecular weight is 389 g/mol. The van der Waals surface area contributed by atoms with Crippen LogP contribution in [0.5, 0.6) is 0 Å². The van der Waals surface area contributed by atoms with Gasteiger partial charge in [-0.05, 0) is 31.9 Å². The summed E-state index contributed by atoms with van der Waals surface area (Å²) >= 11 is 0. The quantitative estimate of drug-likeness (QED) is 0.542. The number of benzene rings is 1. The van der Waals surface area contributed by atoms with Crippen LogP contribution in [0.3, 0.4) is 0 Å². The van der Waals surface area contributed by atoms with Gasteiger partial charge in [0.05, 0.1) is 12.8 Å². The van der Waals surface area contributed by atoms with Crippen molar-refractivity contribution < 1.29 is 9.59 Å². The predicted octanol–water partition coefficient (Wildman–Crippen LogP) is 2.91. The molecule has 0 unspecified atom stereocenters. The molecule has 2 heterocycles. The van der Waals surface area contributed by atoms with Gasteiger partial charge in [0.1, 0.15) is 0 Å². The molecular formula is C21H24BN5O2. The standard InChI is InChI=1S/C21H24BN5O2/c1-2-3-4-15-11-25-26-12-19(28)17-9-16(10-18(24)20(15)17)27-21(29)14-5-7-22(13-23)8-6-14/h2-4,9-11,14,26H,5-8,12,24H2,1H3,(H,27,29)/b3-2+,15-4+,25-11-. The van der Waals surface area contributed by atoms with Crippen LogP contribution in [0, 0.1) is 17.1 Å². The Morgan fingerprint density at radius 2 is 2.17 bits per heavy atom. The van der Waals surface area contributed by atoms with E-state index in [-0.39, 0.29) is 30.9 Å². The van der Waals surface area contributed by atoms with Gasteiger partial charge in [-0.3, -0.25) is 9.59 Å². The van der Waals surface area contributed by atoms with Crippen LogP contribution in [0.2, 0.25) is 12.6 Å². The molecule has 1 aromatic carbocycles. The second-order valence-corrected chi connectivity index (χ2v) is 7.32. The topological polar surface area (TPSA) is 120 Å². The molecule has 3 rings (SSSR count). The predicted molar refractivity (Wildman–Crippen MR) is 117 cm³/mol. The molecule has 1 aromatic rings. The Labute approximate surface area is 170 Å². The van der Waals surface area contributed by atoms with Gasteiger partial charge in [-0.15, -0.1) is 0 Å². The molecule has 0 aliphatic carbocycles. The van der Waals surface area contributed by atoms with Crippen molar-refractivity contribution in [2.45, 2.75) is 32.4 Å². The van der Waals surface area contributed by atoms with Gasteiger partial charge in [0, 0.05) is 40.0 Å². The minimum absolute atomic E-state index is 0.0419. The molecule has 29 heavy (non-hydrogen) atoms. The number of nitrogen functional groups attached to an aromatic ring is 1. The molecule has 2 aliphatic heterocycles. The van der Waals surface area contributed by atoms with Crippen molar-refractivity contribution in [1.82, 2.24) is 5.43 Å². The number of allylic oxidation sites excluding steroid dienone is 4. The number of fused-ring (bicyclic) bond motifs is 1. The van der Waals surface area contributed by atoms with Crippen molar-refractivity contribution in [3.63, 3.8) is 0 Å². The van der Waals surface area contributed by atoms with Crippen LogP contribution in [0.15, 0.2) is 35.5 Å². The largest absolute Gasteiger partial charge is 0.398 e. The summed E-state index contributed by atoms with van der Waals surface area (Å²) in [5.41, 5.74) is 11.7. The Balaban J connectivity index is 1.88. The van der Waals surface area contributed by atoms with E-state index >= 15 is 0 Å². The van der Waals surface area contributed by atoms with Gasteiger partial charge in [-0.1, -0.05) is 30.9 Å². The van der Waals surface area contributed by atoms with E-state index in [1.165, 1.54) is 0 Å². The van der Waals surface area contributed by atoms with Crippen molar-refractivity contribution in [1.29, 1.82) is 5.26 Å². The molecule has 0 radical (unpaired) electrons. The summed E-state index contributed by atoms with van der Waals surface area (Å²) in [6.07, 6.45) is 10.1. The number of nitriles is 1. The zero-order chi connectivity index (χ0) is 20.8. The molecule has 148 valence electrons. The number of hydrogen-bond donors (Lipinski definition) is 3. The first-order chi connectivity index (χ1) is 14.0. The zero-order valence-corrected chi connectivity index (χ0v) is 16.4. The molecular weight excluding hydrogens is 365 g/mol. The van der Waals surface area contributed by atoms with Crippen molar-refractivity contribution in [2.75, 3.05) is 17.6 Å². The summed E-state index contributed by atoms with van der Waals surface area (Å²) in [6.45, 7) is 1.99. The molecule has 0 aromatic heterocycles. The number of ketones is 1. The second kappa shape index (κ2) is 9.24. The molecule has 1 amide bonds. The third-order valence-corrected chi connectivity index (χ3v) is 5.31. The number of carbonyl (C=O) groups is 2. The number of anilines is 2. The Morgan fingerprint density at radius 1 is 1.41 bits per heavy atom. The molecule has 0 saturated carbocycles. The highest BCUT2D eigenvalue weighted by Crippen LogP contribution is 2.31. The minimum Gasteiger partial charge on any atom is -0.398 e. The number of nitrogens with one attached hydrogen (secondary N) is 2. The van der Waals surface area contributed by atoms with E-state index in [4.69, 9.17) is 11.0 Å².